The second-order valence-corrected chi connectivity index (χ2v) is 9.83. The van der Waals surface area contributed by atoms with E-state index in [4.69, 9.17) is 37.9 Å². The molecule has 1 aliphatic carbocycles. The lowest BCUT2D eigenvalue weighted by Crippen LogP contribution is -2.11. The molecule has 1 aliphatic rings. The Labute approximate surface area is 268 Å². The first kappa shape index (κ1) is 36.2. The van der Waals surface area contributed by atoms with Gasteiger partial charge >= 0.3 is 0 Å². The number of methoxy groups -OCH3 is 2. The summed E-state index contributed by atoms with van der Waals surface area (Å²) >= 11 is 0. The van der Waals surface area contributed by atoms with Crippen molar-refractivity contribution in [3.8, 4) is 23.7 Å². The number of rotatable bonds is 22. The summed E-state index contributed by atoms with van der Waals surface area (Å²) < 4.78 is 42.5. The highest BCUT2D eigenvalue weighted by Crippen LogP contribution is 2.32. The van der Waals surface area contributed by atoms with E-state index in [1.54, 1.807) is 14.2 Å². The molecule has 2 aromatic rings. The van der Waals surface area contributed by atoms with Crippen molar-refractivity contribution in [1.82, 2.24) is 0 Å². The summed E-state index contributed by atoms with van der Waals surface area (Å²) in [7, 11) is 3.30. The minimum atomic E-state index is 0.368. The molecule has 2 aromatic carbocycles. The summed E-state index contributed by atoms with van der Waals surface area (Å²) in [5.41, 5.74) is 6.83. The number of allylic oxidation sites excluding steroid dienone is 4. The summed E-state index contributed by atoms with van der Waals surface area (Å²) in [6, 6.07) is 16.7. The van der Waals surface area contributed by atoms with Crippen molar-refractivity contribution in [2.75, 3.05) is 107 Å². The lowest BCUT2D eigenvalue weighted by molar-refractivity contribution is 0.00758. The van der Waals surface area contributed by atoms with E-state index in [2.05, 4.69) is 72.2 Å². The van der Waals surface area contributed by atoms with Gasteiger partial charge in [-0.3, -0.25) is 0 Å². The van der Waals surface area contributed by atoms with Crippen molar-refractivity contribution >= 4 is 11.1 Å². The fraction of sp³-hybridized carbons (Fsp3) is 0.459. The molecule has 0 unspecified atom stereocenters. The molecule has 0 saturated heterocycles. The van der Waals surface area contributed by atoms with Crippen molar-refractivity contribution in [1.29, 1.82) is 0 Å². The van der Waals surface area contributed by atoms with Gasteiger partial charge in [0.05, 0.1) is 79.3 Å². The van der Waals surface area contributed by atoms with E-state index in [-0.39, 0.29) is 0 Å². The van der Waals surface area contributed by atoms with Gasteiger partial charge in [0.25, 0.3) is 0 Å². The van der Waals surface area contributed by atoms with Crippen LogP contribution in [0.5, 0.6) is 0 Å². The lowest BCUT2D eigenvalue weighted by atomic mass is 10.0. The van der Waals surface area contributed by atoms with E-state index >= 15 is 0 Å². The molecular formula is C37H46O8. The van der Waals surface area contributed by atoms with Gasteiger partial charge in [0, 0.05) is 25.3 Å². The third-order valence-corrected chi connectivity index (χ3v) is 6.51. The second-order valence-electron chi connectivity index (χ2n) is 9.83. The molecule has 0 radical (unpaired) electrons. The Bertz CT molecular complexity index is 1260. The van der Waals surface area contributed by atoms with Crippen LogP contribution in [0.25, 0.3) is 11.1 Å². The Morgan fingerprint density at radius 1 is 0.489 bits per heavy atom. The molecule has 0 amide bonds. The Morgan fingerprint density at radius 2 is 0.889 bits per heavy atom. The number of ether oxygens (including phenoxy) is 8. The lowest BCUT2D eigenvalue weighted by Gasteiger charge is -2.05. The maximum Gasteiger partial charge on any atom is 0.108 e. The summed E-state index contributed by atoms with van der Waals surface area (Å²) in [5.74, 6) is 12.4. The van der Waals surface area contributed by atoms with Gasteiger partial charge in [-0.1, -0.05) is 60.1 Å². The van der Waals surface area contributed by atoms with Gasteiger partial charge in [-0.15, -0.1) is 0 Å². The SMILES string of the molecule is COCCOCCOCCOCC#Cc1ccc(C2=CCC(c3ccc(C#CCOCCOCCOCCOC)cc3)=C2)cc1. The minimum Gasteiger partial charge on any atom is -0.382 e. The molecule has 0 fully saturated rings. The van der Waals surface area contributed by atoms with E-state index in [9.17, 15) is 0 Å². The van der Waals surface area contributed by atoms with Crippen LogP contribution in [-0.2, 0) is 37.9 Å². The van der Waals surface area contributed by atoms with Gasteiger partial charge in [-0.05, 0) is 53.0 Å². The predicted octanol–water partition coefficient (Wildman–Crippen LogP) is 4.65. The van der Waals surface area contributed by atoms with Crippen molar-refractivity contribution in [3.05, 3.63) is 82.9 Å². The van der Waals surface area contributed by atoms with Gasteiger partial charge in [-0.2, -0.15) is 0 Å². The average molecular weight is 619 g/mol. The van der Waals surface area contributed by atoms with Gasteiger partial charge in [0.2, 0.25) is 0 Å². The molecule has 242 valence electrons. The monoisotopic (exact) mass is 618 g/mol. The van der Waals surface area contributed by atoms with E-state index in [1.807, 2.05) is 12.1 Å². The van der Waals surface area contributed by atoms with Gasteiger partial charge < -0.3 is 37.9 Å². The third-order valence-electron chi connectivity index (χ3n) is 6.51. The standard InChI is InChI=1S/C37H46O8/c1-38-19-21-42-27-29-44-25-23-40-17-3-5-32-7-11-34(12-8-32)36-15-16-37(31-36)35-13-9-33(10-14-35)6-4-18-41-24-26-45-30-28-43-22-20-39-2/h7-15,31H,16-30H2,1-2H3. The smallest absolute Gasteiger partial charge is 0.108 e. The fourth-order valence-electron chi connectivity index (χ4n) is 4.13. The summed E-state index contributed by atoms with van der Waals surface area (Å²) in [5, 5.41) is 0. The Balaban J connectivity index is 1.30. The molecule has 0 aliphatic heterocycles. The first-order valence-corrected chi connectivity index (χ1v) is 15.3. The Kier molecular flexibility index (Phi) is 19.3. The van der Waals surface area contributed by atoms with Crippen LogP contribution in [0.4, 0.5) is 0 Å². The van der Waals surface area contributed by atoms with Crippen LogP contribution in [0.3, 0.4) is 0 Å². The third kappa shape index (κ3) is 16.0. The van der Waals surface area contributed by atoms with Crippen molar-refractivity contribution in [2.24, 2.45) is 0 Å². The Hall–Kier alpha value is -3.28. The van der Waals surface area contributed by atoms with Gasteiger partial charge in [0.15, 0.2) is 0 Å². The number of hydrogen-bond donors (Lipinski definition) is 0. The van der Waals surface area contributed by atoms with Gasteiger partial charge in [-0.25, -0.2) is 0 Å². The molecule has 0 bridgehead atoms. The molecule has 45 heavy (non-hydrogen) atoms. The van der Waals surface area contributed by atoms with Gasteiger partial charge in [0.1, 0.15) is 13.2 Å². The van der Waals surface area contributed by atoms with E-state index < -0.39 is 0 Å². The van der Waals surface area contributed by atoms with E-state index in [0.29, 0.717) is 92.5 Å². The maximum absolute atomic E-state index is 5.52. The number of hydrogen-bond acceptors (Lipinski definition) is 8. The van der Waals surface area contributed by atoms with E-state index in [1.165, 1.54) is 22.3 Å². The molecule has 8 heteroatoms. The molecule has 0 N–H and O–H groups in total. The first-order valence-electron chi connectivity index (χ1n) is 15.3. The fourth-order valence-corrected chi connectivity index (χ4v) is 4.13. The summed E-state index contributed by atoms with van der Waals surface area (Å²) in [6.45, 7) is 7.34. The van der Waals surface area contributed by atoms with Crippen LogP contribution in [0, 0.1) is 23.7 Å². The normalized spacial score (nSPS) is 12.2. The highest BCUT2D eigenvalue weighted by atomic mass is 16.6. The quantitative estimate of drug-likeness (QED) is 0.140. The van der Waals surface area contributed by atoms with Crippen molar-refractivity contribution < 1.29 is 37.9 Å². The molecule has 0 aromatic heterocycles. The molecule has 0 saturated carbocycles. The summed E-state index contributed by atoms with van der Waals surface area (Å²) in [6.07, 6.45) is 5.42. The minimum absolute atomic E-state index is 0.368. The van der Waals surface area contributed by atoms with Crippen molar-refractivity contribution in [3.63, 3.8) is 0 Å². The average Bonchev–Trinajstić information content (AvgIpc) is 3.57. The number of benzene rings is 2. The molecule has 8 nitrogen and oxygen atoms in total. The Morgan fingerprint density at radius 3 is 1.33 bits per heavy atom. The zero-order chi connectivity index (χ0) is 31.6. The van der Waals surface area contributed by atoms with Crippen LogP contribution >= 0.6 is 0 Å². The first-order chi connectivity index (χ1) is 22.3. The van der Waals surface area contributed by atoms with Crippen LogP contribution < -0.4 is 0 Å². The van der Waals surface area contributed by atoms with Crippen molar-refractivity contribution in [2.45, 2.75) is 6.42 Å². The van der Waals surface area contributed by atoms with Crippen LogP contribution in [-0.4, -0.2) is 107 Å². The maximum atomic E-state index is 5.52. The second kappa shape index (κ2) is 24.0. The zero-order valence-corrected chi connectivity index (χ0v) is 26.6. The zero-order valence-electron chi connectivity index (χ0n) is 26.6. The largest absolute Gasteiger partial charge is 0.382 e. The summed E-state index contributed by atoms with van der Waals surface area (Å²) in [4.78, 5) is 0. The molecule has 0 spiro atoms. The molecule has 0 heterocycles. The molecule has 0 atom stereocenters. The predicted molar refractivity (Wildman–Crippen MR) is 176 cm³/mol. The molecule has 3 rings (SSSR count). The van der Waals surface area contributed by atoms with Crippen LogP contribution in [0.1, 0.15) is 28.7 Å². The highest BCUT2D eigenvalue weighted by molar-refractivity contribution is 5.89. The molecular weight excluding hydrogens is 572 g/mol. The topological polar surface area (TPSA) is 73.8 Å². The highest BCUT2D eigenvalue weighted by Gasteiger charge is 2.10. The van der Waals surface area contributed by atoms with Crippen LogP contribution in [0.15, 0.2) is 60.7 Å². The van der Waals surface area contributed by atoms with E-state index in [0.717, 1.165) is 17.5 Å². The van der Waals surface area contributed by atoms with Crippen LogP contribution in [0.2, 0.25) is 0 Å².